The first kappa shape index (κ1) is 14.3. The topological polar surface area (TPSA) is 80.4 Å². The molecular weight excluding hydrogens is 250 g/mol. The first-order valence-electron chi connectivity index (χ1n) is 7.05. The van der Waals surface area contributed by atoms with E-state index in [0.29, 0.717) is 25.7 Å². The average Bonchev–Trinajstić information content (AvgIpc) is 2.52. The van der Waals surface area contributed by atoms with Crippen LogP contribution < -0.4 is 5.73 Å². The predicted octanol–water partition coefficient (Wildman–Crippen LogP) is 1.22. The first-order valence-corrected chi connectivity index (χ1v) is 8.66. The third-order valence-corrected chi connectivity index (χ3v) is 7.74. The Bertz CT molecular complexity index is 382. The summed E-state index contributed by atoms with van der Waals surface area (Å²) >= 11 is 0. The fourth-order valence-corrected chi connectivity index (χ4v) is 6.30. The highest BCUT2D eigenvalue weighted by Crippen LogP contribution is 2.45. The predicted molar refractivity (Wildman–Crippen MR) is 72.0 cm³/mol. The van der Waals surface area contributed by atoms with Gasteiger partial charge in [-0.05, 0) is 31.6 Å². The second-order valence-electron chi connectivity index (χ2n) is 6.02. The van der Waals surface area contributed by atoms with Gasteiger partial charge in [0.05, 0.1) is 16.1 Å². The molecule has 2 aliphatic heterocycles. The van der Waals surface area contributed by atoms with Gasteiger partial charge in [-0.25, -0.2) is 8.42 Å². The highest BCUT2D eigenvalue weighted by molar-refractivity contribution is 7.93. The van der Waals surface area contributed by atoms with E-state index >= 15 is 0 Å². The highest BCUT2D eigenvalue weighted by Gasteiger charge is 2.55. The van der Waals surface area contributed by atoms with E-state index in [9.17, 15) is 13.5 Å². The molecule has 2 saturated heterocycles. The smallest absolute Gasteiger partial charge is 0.156 e. The number of nitrogens with two attached hydrogens (primary N) is 1. The van der Waals surface area contributed by atoms with E-state index in [1.807, 2.05) is 0 Å². The Morgan fingerprint density at radius 3 is 2.06 bits per heavy atom. The molecule has 3 atom stereocenters. The molecule has 2 fully saturated rings. The van der Waals surface area contributed by atoms with Gasteiger partial charge in [-0.15, -0.1) is 0 Å². The summed E-state index contributed by atoms with van der Waals surface area (Å²) in [6.07, 6.45) is 3.94. The molecule has 0 aliphatic carbocycles. The lowest BCUT2D eigenvalue weighted by molar-refractivity contribution is -0.0222. The van der Waals surface area contributed by atoms with Crippen molar-refractivity contribution in [3.63, 3.8) is 0 Å². The second-order valence-corrected chi connectivity index (χ2v) is 8.54. The van der Waals surface area contributed by atoms with E-state index < -0.39 is 15.4 Å². The van der Waals surface area contributed by atoms with E-state index in [2.05, 4.69) is 13.8 Å². The average molecular weight is 275 g/mol. The minimum Gasteiger partial charge on any atom is -0.388 e. The molecule has 106 valence electrons. The van der Waals surface area contributed by atoms with Crippen LogP contribution in [0.5, 0.6) is 0 Å². The molecular formula is C13H25NO3S. The molecule has 5 heteroatoms. The lowest BCUT2D eigenvalue weighted by Gasteiger charge is -2.43. The van der Waals surface area contributed by atoms with Crippen molar-refractivity contribution in [3.8, 4) is 0 Å². The molecule has 0 aromatic carbocycles. The van der Waals surface area contributed by atoms with Crippen molar-refractivity contribution in [2.24, 2.45) is 11.7 Å². The van der Waals surface area contributed by atoms with E-state index in [1.54, 1.807) is 0 Å². The van der Waals surface area contributed by atoms with Crippen molar-refractivity contribution >= 4 is 9.84 Å². The zero-order chi connectivity index (χ0) is 13.6. The summed E-state index contributed by atoms with van der Waals surface area (Å²) in [4.78, 5) is 0. The molecule has 0 aromatic heterocycles. The monoisotopic (exact) mass is 275 g/mol. The molecule has 4 nitrogen and oxygen atoms in total. The molecule has 0 amide bonds. The minimum absolute atomic E-state index is 0.273. The van der Waals surface area contributed by atoms with Crippen LogP contribution in [0, 0.1) is 5.92 Å². The number of fused-ring (bicyclic) bond motifs is 2. The van der Waals surface area contributed by atoms with Gasteiger partial charge in [-0.2, -0.15) is 0 Å². The molecule has 0 aromatic rings. The second kappa shape index (κ2) is 4.76. The van der Waals surface area contributed by atoms with E-state index in [-0.39, 0.29) is 22.5 Å². The van der Waals surface area contributed by atoms with Crippen LogP contribution in [0.25, 0.3) is 0 Å². The molecule has 3 N–H and O–H groups in total. The van der Waals surface area contributed by atoms with Crippen LogP contribution in [0.15, 0.2) is 0 Å². The Balaban J connectivity index is 2.20. The van der Waals surface area contributed by atoms with Gasteiger partial charge in [0.15, 0.2) is 9.84 Å². The van der Waals surface area contributed by atoms with E-state index in [0.717, 1.165) is 12.8 Å². The first-order chi connectivity index (χ1) is 8.35. The molecule has 2 heterocycles. The summed E-state index contributed by atoms with van der Waals surface area (Å²) in [5, 5.41) is 10.1. The third-order valence-electron chi connectivity index (χ3n) is 5.08. The van der Waals surface area contributed by atoms with E-state index in [1.165, 1.54) is 0 Å². The van der Waals surface area contributed by atoms with Crippen LogP contribution in [0.3, 0.4) is 0 Å². The van der Waals surface area contributed by atoms with E-state index in [4.69, 9.17) is 5.73 Å². The molecule has 0 spiro atoms. The third kappa shape index (κ3) is 2.10. The summed E-state index contributed by atoms with van der Waals surface area (Å²) in [6, 6.07) is -0.300. The van der Waals surface area contributed by atoms with Crippen molar-refractivity contribution in [2.75, 3.05) is 0 Å². The lowest BCUT2D eigenvalue weighted by atomic mass is 9.77. The maximum atomic E-state index is 12.0. The van der Waals surface area contributed by atoms with Gasteiger partial charge >= 0.3 is 0 Å². The zero-order valence-electron chi connectivity index (χ0n) is 11.3. The number of hydrogen-bond acceptors (Lipinski definition) is 4. The minimum atomic E-state index is -2.99. The van der Waals surface area contributed by atoms with Gasteiger partial charge in [-0.3, -0.25) is 0 Å². The van der Waals surface area contributed by atoms with Crippen molar-refractivity contribution in [2.45, 2.75) is 74.5 Å². The summed E-state index contributed by atoms with van der Waals surface area (Å²) in [6.45, 7) is 4.15. The van der Waals surface area contributed by atoms with Crippen LogP contribution in [-0.2, 0) is 9.84 Å². The van der Waals surface area contributed by atoms with Crippen molar-refractivity contribution < 1.29 is 13.5 Å². The Morgan fingerprint density at radius 1 is 1.22 bits per heavy atom. The number of sulfone groups is 1. The summed E-state index contributed by atoms with van der Waals surface area (Å²) in [7, 11) is -2.99. The van der Waals surface area contributed by atoms with Gasteiger partial charge < -0.3 is 10.8 Å². The maximum absolute atomic E-state index is 12.0. The van der Waals surface area contributed by atoms with Crippen molar-refractivity contribution in [1.29, 1.82) is 0 Å². The van der Waals surface area contributed by atoms with Gasteiger partial charge in [-0.1, -0.05) is 26.7 Å². The lowest BCUT2D eigenvalue weighted by Crippen LogP contribution is -2.58. The Morgan fingerprint density at radius 2 is 1.67 bits per heavy atom. The molecule has 2 rings (SSSR count). The number of aliphatic hydroxyl groups is 1. The van der Waals surface area contributed by atoms with Gasteiger partial charge in [0.2, 0.25) is 0 Å². The normalized spacial score (nSPS) is 40.1. The molecule has 0 saturated carbocycles. The quantitative estimate of drug-likeness (QED) is 0.808. The number of hydrogen-bond donors (Lipinski definition) is 2. The maximum Gasteiger partial charge on any atom is 0.156 e. The zero-order valence-corrected chi connectivity index (χ0v) is 12.1. The van der Waals surface area contributed by atoms with Crippen LogP contribution in [-0.4, -0.2) is 35.7 Å². The van der Waals surface area contributed by atoms with Gasteiger partial charge in [0.25, 0.3) is 0 Å². The van der Waals surface area contributed by atoms with Crippen LogP contribution in [0.4, 0.5) is 0 Å². The molecule has 2 aliphatic rings. The standard InChI is InChI=1S/C13H25NO3S/c1-3-9(4-2)12(14)13(15)7-10-5-6-11(8-13)18(10,16)17/h9-12,15H,3-8,14H2,1-2H3. The summed E-state index contributed by atoms with van der Waals surface area (Å²) in [5.41, 5.74) is 5.27. The van der Waals surface area contributed by atoms with Gasteiger partial charge in [0, 0.05) is 6.04 Å². The fraction of sp³-hybridized carbons (Fsp3) is 1.00. The van der Waals surface area contributed by atoms with Crippen molar-refractivity contribution in [1.82, 2.24) is 0 Å². The van der Waals surface area contributed by atoms with Crippen LogP contribution >= 0.6 is 0 Å². The summed E-state index contributed by atoms with van der Waals surface area (Å²) in [5.74, 6) is 0.273. The Hall–Kier alpha value is -0.130. The Kier molecular flexibility index (Phi) is 3.78. The molecule has 0 radical (unpaired) electrons. The largest absolute Gasteiger partial charge is 0.388 e. The molecule has 2 bridgehead atoms. The summed E-state index contributed by atoms with van der Waals surface area (Å²) < 4.78 is 24.1. The Labute approximate surface area is 110 Å². The van der Waals surface area contributed by atoms with Gasteiger partial charge in [0.1, 0.15) is 0 Å². The SMILES string of the molecule is CCC(CC)C(N)C1(O)CC2CCC(C1)S2(=O)=O. The van der Waals surface area contributed by atoms with Crippen molar-refractivity contribution in [3.05, 3.63) is 0 Å². The van der Waals surface area contributed by atoms with Crippen LogP contribution in [0.2, 0.25) is 0 Å². The fourth-order valence-electron chi connectivity index (χ4n) is 3.79. The highest BCUT2D eigenvalue weighted by atomic mass is 32.2. The molecule has 3 unspecified atom stereocenters. The molecule has 18 heavy (non-hydrogen) atoms. The number of rotatable bonds is 4. The van der Waals surface area contributed by atoms with Crippen LogP contribution in [0.1, 0.15) is 52.4 Å².